The average Bonchev–Trinajstić information content (AvgIpc) is 3.34. The van der Waals surface area contributed by atoms with Crippen LogP contribution in [0.1, 0.15) is 123 Å². The van der Waals surface area contributed by atoms with Gasteiger partial charge in [-0.05, 0) is 128 Å². The number of rotatable bonds is 10. The molecule has 3 saturated carbocycles. The number of carbonyl (C=O) groups excluding carboxylic acids is 1. The number of hydrogen-bond acceptors (Lipinski definition) is 4. The number of aliphatic hydroxyl groups excluding tert-OH is 1. The van der Waals surface area contributed by atoms with Crippen molar-refractivity contribution in [1.29, 1.82) is 5.26 Å². The molecule has 0 saturated heterocycles. The summed E-state index contributed by atoms with van der Waals surface area (Å²) < 4.78 is 16.1. The fourth-order valence-corrected chi connectivity index (χ4v) is 9.92. The van der Waals surface area contributed by atoms with Crippen LogP contribution in [0.4, 0.5) is 4.39 Å². The molecule has 0 aromatic heterocycles. The molecule has 242 valence electrons. The molecule has 1 amide bonds. The van der Waals surface area contributed by atoms with Crippen molar-refractivity contribution in [2.24, 2.45) is 29.1 Å². The summed E-state index contributed by atoms with van der Waals surface area (Å²) >= 11 is 0. The Morgan fingerprint density at radius 2 is 1.78 bits per heavy atom. The molecule has 0 radical (unpaired) electrons. The van der Waals surface area contributed by atoms with E-state index in [0.717, 1.165) is 75.6 Å². The van der Waals surface area contributed by atoms with Gasteiger partial charge in [0, 0.05) is 24.6 Å². The van der Waals surface area contributed by atoms with Crippen LogP contribution in [0.15, 0.2) is 42.5 Å². The van der Waals surface area contributed by atoms with Crippen molar-refractivity contribution in [3.8, 4) is 11.8 Å². The van der Waals surface area contributed by atoms with Crippen LogP contribution < -0.4 is 0 Å². The largest absolute Gasteiger partial charge is 0.508 e. The molecule has 0 bridgehead atoms. The average molecular weight is 615 g/mol. The SMILES string of the molecule is C[C@]12C[C@H](F)[C@@H]3c4ccc(O)cc4C[C@@H](CCCCCCN(CC4CCCCC4)C(=O)c4ccc(C#N)cc4)[C@H]3[C@@H]1CC[C@@H]2O. The number of nitrogens with zero attached hydrogens (tertiary/aromatic N) is 2. The number of halogens is 1. The standard InChI is InChI=1S/C39H51FN2O3/c1-39-23-34(40)37-32-17-16-31(43)22-30(32)21-29(36(37)33(39)18-19-35(39)44)11-7-2-3-8-20-42(25-27-9-5-4-6-10-27)38(45)28-14-12-26(24-41)13-15-28/h12-17,22,27,29,33-37,43-44H,2-11,18-21,23,25H2,1H3/t29-,33+,34+,35+,36+,37+,39+/m1/s1. The molecule has 7 atom stereocenters. The van der Waals surface area contributed by atoms with Gasteiger partial charge in [0.05, 0.1) is 17.7 Å². The Labute approximate surface area is 268 Å². The highest BCUT2D eigenvalue weighted by Gasteiger charge is 2.59. The first-order valence-corrected chi connectivity index (χ1v) is 17.7. The lowest BCUT2D eigenvalue weighted by Crippen LogP contribution is -2.51. The number of fused-ring (bicyclic) bond motifs is 5. The highest BCUT2D eigenvalue weighted by molar-refractivity contribution is 5.94. The zero-order valence-corrected chi connectivity index (χ0v) is 27.0. The smallest absolute Gasteiger partial charge is 0.253 e. The van der Waals surface area contributed by atoms with E-state index in [-0.39, 0.29) is 28.9 Å². The molecular formula is C39H51FN2O3. The number of phenolic OH excluding ortho intramolecular Hbond substituents is 1. The van der Waals surface area contributed by atoms with Crippen LogP contribution >= 0.6 is 0 Å². The molecule has 0 unspecified atom stereocenters. The van der Waals surface area contributed by atoms with Gasteiger partial charge < -0.3 is 15.1 Å². The van der Waals surface area contributed by atoms with Crippen molar-refractivity contribution in [2.75, 3.05) is 13.1 Å². The van der Waals surface area contributed by atoms with Crippen molar-refractivity contribution < 1.29 is 19.4 Å². The highest BCUT2D eigenvalue weighted by atomic mass is 19.1. The maximum absolute atomic E-state index is 16.1. The van der Waals surface area contributed by atoms with Crippen LogP contribution in [-0.4, -0.2) is 46.4 Å². The van der Waals surface area contributed by atoms with E-state index in [1.165, 1.54) is 32.1 Å². The topological polar surface area (TPSA) is 84.6 Å². The summed E-state index contributed by atoms with van der Waals surface area (Å²) in [5.41, 5.74) is 3.06. The predicted molar refractivity (Wildman–Crippen MR) is 175 cm³/mol. The molecule has 6 rings (SSSR count). The van der Waals surface area contributed by atoms with E-state index in [1.54, 1.807) is 30.3 Å². The first kappa shape index (κ1) is 32.0. The van der Waals surface area contributed by atoms with Gasteiger partial charge in [-0.2, -0.15) is 5.26 Å². The predicted octanol–water partition coefficient (Wildman–Crippen LogP) is 8.33. The van der Waals surface area contributed by atoms with E-state index < -0.39 is 12.3 Å². The van der Waals surface area contributed by atoms with Gasteiger partial charge >= 0.3 is 0 Å². The lowest BCUT2D eigenvalue weighted by Gasteiger charge is -2.54. The van der Waals surface area contributed by atoms with E-state index in [1.807, 2.05) is 12.1 Å². The second-order valence-corrected chi connectivity index (χ2v) is 15.0. The van der Waals surface area contributed by atoms with Gasteiger partial charge in [0.15, 0.2) is 0 Å². The lowest BCUT2D eigenvalue weighted by molar-refractivity contribution is -0.0722. The Kier molecular flexibility index (Phi) is 9.85. The maximum Gasteiger partial charge on any atom is 0.253 e. The van der Waals surface area contributed by atoms with E-state index in [2.05, 4.69) is 17.9 Å². The van der Waals surface area contributed by atoms with Crippen LogP contribution in [0, 0.1) is 40.4 Å². The third-order valence-electron chi connectivity index (χ3n) is 12.3. The normalized spacial score (nSPS) is 31.0. The number of unbranched alkanes of at least 4 members (excludes halogenated alkanes) is 3. The quantitative estimate of drug-likeness (QED) is 0.264. The summed E-state index contributed by atoms with van der Waals surface area (Å²) in [7, 11) is 0. The first-order valence-electron chi connectivity index (χ1n) is 17.7. The molecule has 2 aromatic rings. The number of nitriles is 1. The maximum atomic E-state index is 16.1. The minimum atomic E-state index is -0.973. The van der Waals surface area contributed by atoms with E-state index in [4.69, 9.17) is 5.26 Å². The second kappa shape index (κ2) is 13.8. The van der Waals surface area contributed by atoms with Crippen LogP contribution in [0.25, 0.3) is 0 Å². The fourth-order valence-electron chi connectivity index (χ4n) is 9.92. The summed E-state index contributed by atoms with van der Waals surface area (Å²) in [4.78, 5) is 15.6. The second-order valence-electron chi connectivity index (χ2n) is 15.0. The Morgan fingerprint density at radius 3 is 2.53 bits per heavy atom. The third-order valence-corrected chi connectivity index (χ3v) is 12.3. The van der Waals surface area contributed by atoms with Crippen molar-refractivity contribution in [3.05, 3.63) is 64.7 Å². The minimum Gasteiger partial charge on any atom is -0.508 e. The van der Waals surface area contributed by atoms with Crippen molar-refractivity contribution >= 4 is 5.91 Å². The van der Waals surface area contributed by atoms with Gasteiger partial charge in [-0.1, -0.05) is 51.5 Å². The van der Waals surface area contributed by atoms with Crippen LogP contribution in [0.2, 0.25) is 0 Å². The Balaban J connectivity index is 1.08. The van der Waals surface area contributed by atoms with Gasteiger partial charge in [0.1, 0.15) is 11.9 Å². The number of alkyl halides is 1. The Bertz CT molecular complexity index is 1370. The monoisotopic (exact) mass is 614 g/mol. The highest BCUT2D eigenvalue weighted by Crippen LogP contribution is 2.63. The molecule has 2 N–H and O–H groups in total. The van der Waals surface area contributed by atoms with E-state index in [9.17, 15) is 15.0 Å². The molecule has 0 heterocycles. The van der Waals surface area contributed by atoms with Crippen molar-refractivity contribution in [1.82, 2.24) is 4.90 Å². The van der Waals surface area contributed by atoms with Crippen LogP contribution in [0.3, 0.4) is 0 Å². The van der Waals surface area contributed by atoms with Gasteiger partial charge in [-0.25, -0.2) is 4.39 Å². The number of carbonyl (C=O) groups is 1. The van der Waals surface area contributed by atoms with Gasteiger partial charge in [0.25, 0.3) is 5.91 Å². The Hall–Kier alpha value is -2.91. The number of benzene rings is 2. The van der Waals surface area contributed by atoms with Crippen molar-refractivity contribution in [3.63, 3.8) is 0 Å². The van der Waals surface area contributed by atoms with Gasteiger partial charge in [0.2, 0.25) is 0 Å². The minimum absolute atomic E-state index is 0.0695. The molecule has 0 aliphatic heterocycles. The molecule has 6 heteroatoms. The lowest BCUT2D eigenvalue weighted by atomic mass is 9.51. The summed E-state index contributed by atoms with van der Waals surface area (Å²) in [5, 5.41) is 30.3. The number of amides is 1. The van der Waals surface area contributed by atoms with E-state index in [0.29, 0.717) is 35.3 Å². The fraction of sp³-hybridized carbons (Fsp3) is 0.641. The first-order chi connectivity index (χ1) is 21.8. The Morgan fingerprint density at radius 1 is 1.02 bits per heavy atom. The number of aromatic hydroxyl groups is 1. The summed E-state index contributed by atoms with van der Waals surface area (Å²) in [6, 6.07) is 14.7. The summed E-state index contributed by atoms with van der Waals surface area (Å²) in [6.07, 6.45) is 13.0. The van der Waals surface area contributed by atoms with Gasteiger partial charge in [-0.15, -0.1) is 0 Å². The summed E-state index contributed by atoms with van der Waals surface area (Å²) in [6.45, 7) is 3.68. The molecule has 4 aliphatic rings. The molecular weight excluding hydrogens is 563 g/mol. The molecule has 45 heavy (non-hydrogen) atoms. The van der Waals surface area contributed by atoms with Crippen molar-refractivity contribution in [2.45, 2.75) is 115 Å². The molecule has 2 aromatic carbocycles. The van der Waals surface area contributed by atoms with Crippen LogP contribution in [0.5, 0.6) is 5.75 Å². The zero-order chi connectivity index (χ0) is 31.6. The zero-order valence-electron chi connectivity index (χ0n) is 27.0. The molecule has 4 aliphatic carbocycles. The van der Waals surface area contributed by atoms with E-state index >= 15 is 4.39 Å². The molecule has 3 fully saturated rings. The molecule has 0 spiro atoms. The number of phenols is 1. The third kappa shape index (κ3) is 6.66. The molecule has 5 nitrogen and oxygen atoms in total. The number of hydrogen-bond donors (Lipinski definition) is 2. The van der Waals surface area contributed by atoms with Crippen LogP contribution in [-0.2, 0) is 6.42 Å². The van der Waals surface area contributed by atoms with Gasteiger partial charge in [-0.3, -0.25) is 4.79 Å². The number of aliphatic hydroxyl groups is 1. The summed E-state index contributed by atoms with van der Waals surface area (Å²) in [5.74, 6) is 1.65.